The van der Waals surface area contributed by atoms with Gasteiger partial charge in [0.05, 0.1) is 5.41 Å². The molecule has 110 valence electrons. The standard InChI is InChI=1S/C15H27NO3/c1-4-11(2)12(3)13(17)16-10-15(14(18)19)8-6-5-7-9-15/h11-12H,4-10H2,1-3H3,(H,16,17)(H,18,19). The lowest BCUT2D eigenvalue weighted by Crippen LogP contribution is -2.46. The molecule has 0 spiro atoms. The van der Waals surface area contributed by atoms with E-state index in [1.54, 1.807) is 0 Å². The molecular formula is C15H27NO3. The predicted octanol–water partition coefficient (Wildman–Crippen LogP) is 2.82. The first-order valence-electron chi connectivity index (χ1n) is 7.44. The van der Waals surface area contributed by atoms with Crippen molar-refractivity contribution >= 4 is 11.9 Å². The van der Waals surface area contributed by atoms with Crippen molar-refractivity contribution in [1.82, 2.24) is 5.32 Å². The van der Waals surface area contributed by atoms with Crippen LogP contribution in [0.5, 0.6) is 0 Å². The average molecular weight is 269 g/mol. The van der Waals surface area contributed by atoms with Crippen LogP contribution in [0, 0.1) is 17.3 Å². The molecular weight excluding hydrogens is 242 g/mol. The molecule has 1 aliphatic rings. The van der Waals surface area contributed by atoms with Gasteiger partial charge in [-0.25, -0.2) is 0 Å². The second-order valence-electron chi connectivity index (χ2n) is 6.04. The highest BCUT2D eigenvalue weighted by Gasteiger charge is 2.40. The van der Waals surface area contributed by atoms with E-state index in [1.165, 1.54) is 0 Å². The Bertz CT molecular complexity index is 321. The van der Waals surface area contributed by atoms with Crippen LogP contribution in [0.1, 0.15) is 59.3 Å². The third-order valence-electron chi connectivity index (χ3n) is 4.78. The molecule has 4 heteroatoms. The smallest absolute Gasteiger partial charge is 0.311 e. The van der Waals surface area contributed by atoms with Crippen molar-refractivity contribution in [3.63, 3.8) is 0 Å². The van der Waals surface area contributed by atoms with Crippen LogP contribution >= 0.6 is 0 Å². The van der Waals surface area contributed by atoms with Gasteiger partial charge in [-0.2, -0.15) is 0 Å². The van der Waals surface area contributed by atoms with Gasteiger partial charge in [0.2, 0.25) is 5.91 Å². The van der Waals surface area contributed by atoms with Crippen molar-refractivity contribution in [1.29, 1.82) is 0 Å². The summed E-state index contributed by atoms with van der Waals surface area (Å²) in [6.45, 7) is 6.31. The lowest BCUT2D eigenvalue weighted by atomic mass is 9.74. The largest absolute Gasteiger partial charge is 0.481 e. The zero-order valence-corrected chi connectivity index (χ0v) is 12.4. The second-order valence-corrected chi connectivity index (χ2v) is 6.04. The summed E-state index contributed by atoms with van der Waals surface area (Å²) < 4.78 is 0. The van der Waals surface area contributed by atoms with E-state index in [0.717, 1.165) is 25.7 Å². The number of rotatable bonds is 6. The minimum atomic E-state index is -0.760. The number of carboxylic acid groups (broad SMARTS) is 1. The highest BCUT2D eigenvalue weighted by Crippen LogP contribution is 2.36. The Balaban J connectivity index is 2.57. The molecule has 0 saturated heterocycles. The highest BCUT2D eigenvalue weighted by molar-refractivity contribution is 5.80. The Labute approximate surface area is 116 Å². The van der Waals surface area contributed by atoms with Gasteiger partial charge in [-0.05, 0) is 18.8 Å². The maximum Gasteiger partial charge on any atom is 0.311 e. The van der Waals surface area contributed by atoms with Crippen molar-refractivity contribution in [3.8, 4) is 0 Å². The fourth-order valence-electron chi connectivity index (χ4n) is 2.72. The first-order chi connectivity index (χ1) is 8.93. The fourth-order valence-corrected chi connectivity index (χ4v) is 2.72. The SMILES string of the molecule is CCC(C)C(C)C(=O)NCC1(C(=O)O)CCCCC1. The van der Waals surface area contributed by atoms with E-state index in [-0.39, 0.29) is 18.4 Å². The van der Waals surface area contributed by atoms with E-state index in [9.17, 15) is 14.7 Å². The topological polar surface area (TPSA) is 66.4 Å². The van der Waals surface area contributed by atoms with E-state index >= 15 is 0 Å². The van der Waals surface area contributed by atoms with Crippen LogP contribution < -0.4 is 5.32 Å². The van der Waals surface area contributed by atoms with Crippen molar-refractivity contribution in [2.75, 3.05) is 6.54 Å². The molecule has 1 saturated carbocycles. The van der Waals surface area contributed by atoms with Gasteiger partial charge < -0.3 is 10.4 Å². The molecule has 2 N–H and O–H groups in total. The zero-order chi connectivity index (χ0) is 14.5. The summed E-state index contributed by atoms with van der Waals surface area (Å²) in [4.78, 5) is 23.5. The van der Waals surface area contributed by atoms with Gasteiger partial charge >= 0.3 is 5.97 Å². The summed E-state index contributed by atoms with van der Waals surface area (Å²) in [5, 5.41) is 12.3. The quantitative estimate of drug-likeness (QED) is 0.779. The molecule has 0 heterocycles. The van der Waals surface area contributed by atoms with Gasteiger partial charge in [0.15, 0.2) is 0 Å². The number of hydrogen-bond acceptors (Lipinski definition) is 2. The molecule has 2 atom stereocenters. The molecule has 0 aromatic rings. The second kappa shape index (κ2) is 6.92. The van der Waals surface area contributed by atoms with Crippen LogP contribution in [0.4, 0.5) is 0 Å². The number of amides is 1. The normalized spacial score (nSPS) is 21.4. The Morgan fingerprint density at radius 1 is 1.21 bits per heavy atom. The summed E-state index contributed by atoms with van der Waals surface area (Å²) in [5.74, 6) is -0.504. The van der Waals surface area contributed by atoms with Crippen LogP contribution in [-0.4, -0.2) is 23.5 Å². The number of hydrogen-bond donors (Lipinski definition) is 2. The maximum absolute atomic E-state index is 12.0. The highest BCUT2D eigenvalue weighted by atomic mass is 16.4. The van der Waals surface area contributed by atoms with Crippen molar-refractivity contribution in [3.05, 3.63) is 0 Å². The number of nitrogens with one attached hydrogen (secondary N) is 1. The van der Waals surface area contributed by atoms with Crippen LogP contribution in [0.2, 0.25) is 0 Å². The third kappa shape index (κ3) is 3.95. The summed E-state index contributed by atoms with van der Waals surface area (Å²) in [7, 11) is 0. The number of carbonyl (C=O) groups excluding carboxylic acids is 1. The van der Waals surface area contributed by atoms with E-state index in [0.29, 0.717) is 18.8 Å². The van der Waals surface area contributed by atoms with Crippen LogP contribution in [-0.2, 0) is 9.59 Å². The molecule has 1 amide bonds. The Hall–Kier alpha value is -1.06. The average Bonchev–Trinajstić information content (AvgIpc) is 2.43. The molecule has 0 aliphatic heterocycles. The molecule has 0 aromatic carbocycles. The monoisotopic (exact) mass is 269 g/mol. The molecule has 2 unspecified atom stereocenters. The van der Waals surface area contributed by atoms with Crippen LogP contribution in [0.3, 0.4) is 0 Å². The lowest BCUT2D eigenvalue weighted by molar-refractivity contribution is -0.151. The summed E-state index contributed by atoms with van der Waals surface area (Å²) in [6.07, 6.45) is 5.32. The number of carbonyl (C=O) groups is 2. The minimum Gasteiger partial charge on any atom is -0.481 e. The van der Waals surface area contributed by atoms with E-state index in [4.69, 9.17) is 0 Å². The van der Waals surface area contributed by atoms with Crippen LogP contribution in [0.25, 0.3) is 0 Å². The first-order valence-corrected chi connectivity index (χ1v) is 7.44. The van der Waals surface area contributed by atoms with Gasteiger partial charge in [0.25, 0.3) is 0 Å². The third-order valence-corrected chi connectivity index (χ3v) is 4.78. The molecule has 0 bridgehead atoms. The van der Waals surface area contributed by atoms with Crippen LogP contribution in [0.15, 0.2) is 0 Å². The Kier molecular flexibility index (Phi) is 5.83. The van der Waals surface area contributed by atoms with E-state index in [1.807, 2.05) is 6.92 Å². The predicted molar refractivity (Wildman–Crippen MR) is 74.8 cm³/mol. The zero-order valence-electron chi connectivity index (χ0n) is 12.4. The lowest BCUT2D eigenvalue weighted by Gasteiger charge is -2.33. The van der Waals surface area contributed by atoms with E-state index in [2.05, 4.69) is 19.2 Å². The van der Waals surface area contributed by atoms with Gasteiger partial charge in [-0.3, -0.25) is 9.59 Å². The van der Waals surface area contributed by atoms with Gasteiger partial charge in [0, 0.05) is 12.5 Å². The molecule has 1 aliphatic carbocycles. The minimum absolute atomic E-state index is 0.0134. The summed E-state index contributed by atoms with van der Waals surface area (Å²) in [6, 6.07) is 0. The molecule has 0 aromatic heterocycles. The molecule has 0 radical (unpaired) electrons. The van der Waals surface area contributed by atoms with Gasteiger partial charge in [-0.1, -0.05) is 46.5 Å². The van der Waals surface area contributed by atoms with Crippen molar-refractivity contribution in [2.24, 2.45) is 17.3 Å². The first kappa shape index (κ1) is 16.0. The molecule has 1 fully saturated rings. The number of aliphatic carboxylic acids is 1. The van der Waals surface area contributed by atoms with E-state index < -0.39 is 11.4 Å². The Morgan fingerprint density at radius 2 is 1.79 bits per heavy atom. The molecule has 19 heavy (non-hydrogen) atoms. The summed E-state index contributed by atoms with van der Waals surface area (Å²) >= 11 is 0. The molecule has 4 nitrogen and oxygen atoms in total. The fraction of sp³-hybridized carbons (Fsp3) is 0.867. The van der Waals surface area contributed by atoms with Gasteiger partial charge in [-0.15, -0.1) is 0 Å². The van der Waals surface area contributed by atoms with Crippen molar-refractivity contribution < 1.29 is 14.7 Å². The number of carboxylic acids is 1. The van der Waals surface area contributed by atoms with Gasteiger partial charge in [0.1, 0.15) is 0 Å². The Morgan fingerprint density at radius 3 is 2.26 bits per heavy atom. The maximum atomic E-state index is 12.0. The summed E-state index contributed by atoms with van der Waals surface area (Å²) in [5.41, 5.74) is -0.733. The molecule has 1 rings (SSSR count). The van der Waals surface area contributed by atoms with Crippen molar-refractivity contribution in [2.45, 2.75) is 59.3 Å².